The van der Waals surface area contributed by atoms with Crippen LogP contribution in [0.1, 0.15) is 31.7 Å². The molecule has 0 saturated carbocycles. The SMILES string of the molecule is CC(=O)N(C)Cc1ccccc1NC1CCCN(C)CC1. The number of hydrogen-bond acceptors (Lipinski definition) is 3. The Labute approximate surface area is 128 Å². The number of carbonyl (C=O) groups is 1. The van der Waals surface area contributed by atoms with E-state index in [1.165, 1.54) is 37.1 Å². The van der Waals surface area contributed by atoms with Crippen LogP contribution in [0.2, 0.25) is 0 Å². The van der Waals surface area contributed by atoms with Crippen molar-refractivity contribution in [2.24, 2.45) is 0 Å². The number of nitrogens with one attached hydrogen (secondary N) is 1. The summed E-state index contributed by atoms with van der Waals surface area (Å²) in [6.45, 7) is 4.60. The van der Waals surface area contributed by atoms with Gasteiger partial charge >= 0.3 is 0 Å². The maximum absolute atomic E-state index is 11.4. The largest absolute Gasteiger partial charge is 0.382 e. The fraction of sp³-hybridized carbons (Fsp3) is 0.588. The van der Waals surface area contributed by atoms with Crippen LogP contribution in [0.5, 0.6) is 0 Å². The van der Waals surface area contributed by atoms with E-state index in [2.05, 4.69) is 35.5 Å². The Kier molecular flexibility index (Phi) is 5.62. The lowest BCUT2D eigenvalue weighted by atomic mass is 10.1. The number of likely N-dealkylation sites (tertiary alicyclic amines) is 1. The quantitative estimate of drug-likeness (QED) is 0.925. The molecule has 116 valence electrons. The first-order valence-corrected chi connectivity index (χ1v) is 7.81. The van der Waals surface area contributed by atoms with Crippen LogP contribution in [0.4, 0.5) is 5.69 Å². The summed E-state index contributed by atoms with van der Waals surface area (Å²) in [5.41, 5.74) is 2.35. The van der Waals surface area contributed by atoms with E-state index >= 15 is 0 Å². The second-order valence-electron chi connectivity index (χ2n) is 6.11. The number of para-hydroxylation sites is 1. The summed E-state index contributed by atoms with van der Waals surface area (Å²) in [4.78, 5) is 15.6. The summed E-state index contributed by atoms with van der Waals surface area (Å²) in [7, 11) is 4.04. The van der Waals surface area contributed by atoms with Crippen LogP contribution in [0, 0.1) is 0 Å². The van der Waals surface area contributed by atoms with Crippen LogP contribution in [-0.2, 0) is 11.3 Å². The summed E-state index contributed by atoms with van der Waals surface area (Å²) < 4.78 is 0. The highest BCUT2D eigenvalue weighted by Gasteiger charge is 2.16. The van der Waals surface area contributed by atoms with Gasteiger partial charge in [-0.15, -0.1) is 0 Å². The van der Waals surface area contributed by atoms with Crippen LogP contribution in [-0.4, -0.2) is 48.9 Å². The molecular formula is C17H27N3O. The van der Waals surface area contributed by atoms with Crippen molar-refractivity contribution in [2.75, 3.05) is 32.5 Å². The highest BCUT2D eigenvalue weighted by molar-refractivity contribution is 5.73. The van der Waals surface area contributed by atoms with Gasteiger partial charge in [0.1, 0.15) is 0 Å². The van der Waals surface area contributed by atoms with Crippen LogP contribution in [0.15, 0.2) is 24.3 Å². The van der Waals surface area contributed by atoms with Gasteiger partial charge in [-0.2, -0.15) is 0 Å². The fourth-order valence-electron chi connectivity index (χ4n) is 2.77. The minimum Gasteiger partial charge on any atom is -0.382 e. The first-order valence-electron chi connectivity index (χ1n) is 7.81. The fourth-order valence-corrected chi connectivity index (χ4v) is 2.77. The Hall–Kier alpha value is -1.55. The van der Waals surface area contributed by atoms with Gasteiger partial charge in [-0.25, -0.2) is 0 Å². The van der Waals surface area contributed by atoms with Gasteiger partial charge in [0.2, 0.25) is 5.91 Å². The Morgan fingerprint density at radius 3 is 2.86 bits per heavy atom. The third-order valence-electron chi connectivity index (χ3n) is 4.27. The van der Waals surface area contributed by atoms with Crippen molar-refractivity contribution in [1.29, 1.82) is 0 Å². The zero-order valence-corrected chi connectivity index (χ0v) is 13.4. The zero-order chi connectivity index (χ0) is 15.2. The van der Waals surface area contributed by atoms with Gasteiger partial charge < -0.3 is 15.1 Å². The molecule has 0 spiro atoms. The number of rotatable bonds is 4. The molecule has 0 radical (unpaired) electrons. The van der Waals surface area contributed by atoms with E-state index in [1.54, 1.807) is 11.8 Å². The van der Waals surface area contributed by atoms with E-state index in [4.69, 9.17) is 0 Å². The van der Waals surface area contributed by atoms with Gasteiger partial charge in [-0.3, -0.25) is 4.79 Å². The van der Waals surface area contributed by atoms with Crippen LogP contribution < -0.4 is 5.32 Å². The van der Waals surface area contributed by atoms with Crippen molar-refractivity contribution >= 4 is 11.6 Å². The Morgan fingerprint density at radius 2 is 2.10 bits per heavy atom. The topological polar surface area (TPSA) is 35.6 Å². The number of hydrogen-bond donors (Lipinski definition) is 1. The number of carbonyl (C=O) groups excluding carboxylic acids is 1. The van der Waals surface area contributed by atoms with Gasteiger partial charge in [0.05, 0.1) is 0 Å². The van der Waals surface area contributed by atoms with E-state index < -0.39 is 0 Å². The van der Waals surface area contributed by atoms with E-state index in [0.29, 0.717) is 12.6 Å². The van der Waals surface area contributed by atoms with E-state index in [9.17, 15) is 4.79 Å². The molecule has 1 unspecified atom stereocenters. The van der Waals surface area contributed by atoms with Crippen molar-refractivity contribution in [3.8, 4) is 0 Å². The normalized spacial score (nSPS) is 19.9. The second kappa shape index (κ2) is 7.46. The third-order valence-corrected chi connectivity index (χ3v) is 4.27. The van der Waals surface area contributed by atoms with Gasteiger partial charge in [0, 0.05) is 32.2 Å². The molecule has 1 N–H and O–H groups in total. The average Bonchev–Trinajstić information content (AvgIpc) is 2.66. The van der Waals surface area contributed by atoms with Crippen molar-refractivity contribution < 1.29 is 4.79 Å². The molecule has 21 heavy (non-hydrogen) atoms. The molecule has 1 amide bonds. The van der Waals surface area contributed by atoms with Crippen LogP contribution in [0.3, 0.4) is 0 Å². The number of anilines is 1. The first-order chi connectivity index (χ1) is 10.1. The lowest BCUT2D eigenvalue weighted by Crippen LogP contribution is -2.26. The highest BCUT2D eigenvalue weighted by atomic mass is 16.2. The molecule has 4 nitrogen and oxygen atoms in total. The second-order valence-corrected chi connectivity index (χ2v) is 6.11. The minimum atomic E-state index is 0.0981. The van der Waals surface area contributed by atoms with Crippen molar-refractivity contribution in [2.45, 2.75) is 38.8 Å². The number of nitrogens with zero attached hydrogens (tertiary/aromatic N) is 2. The first kappa shape index (κ1) is 15.8. The summed E-state index contributed by atoms with van der Waals surface area (Å²) >= 11 is 0. The Bertz CT molecular complexity index is 475. The van der Waals surface area contributed by atoms with Gasteiger partial charge in [-0.05, 0) is 51.0 Å². The smallest absolute Gasteiger partial charge is 0.219 e. The number of amides is 1. The van der Waals surface area contributed by atoms with Crippen molar-refractivity contribution in [1.82, 2.24) is 9.80 Å². The average molecular weight is 289 g/mol. The monoisotopic (exact) mass is 289 g/mol. The van der Waals surface area contributed by atoms with Gasteiger partial charge in [0.15, 0.2) is 0 Å². The molecule has 0 bridgehead atoms. The molecular weight excluding hydrogens is 262 g/mol. The molecule has 1 aromatic rings. The molecule has 4 heteroatoms. The molecule has 0 aromatic heterocycles. The van der Waals surface area contributed by atoms with Gasteiger partial charge in [0.25, 0.3) is 0 Å². The third kappa shape index (κ3) is 4.74. The molecule has 1 aliphatic rings. The molecule has 1 aliphatic heterocycles. The Morgan fingerprint density at radius 1 is 1.33 bits per heavy atom. The maximum atomic E-state index is 11.4. The maximum Gasteiger partial charge on any atom is 0.219 e. The van der Waals surface area contributed by atoms with Crippen LogP contribution in [0.25, 0.3) is 0 Å². The molecule has 2 rings (SSSR count). The van der Waals surface area contributed by atoms with E-state index in [1.807, 2.05) is 13.1 Å². The highest BCUT2D eigenvalue weighted by Crippen LogP contribution is 2.21. The molecule has 1 heterocycles. The summed E-state index contributed by atoms with van der Waals surface area (Å²) in [5, 5.41) is 3.69. The molecule has 1 saturated heterocycles. The standard InChI is InChI=1S/C17H27N3O/c1-14(21)20(3)13-15-7-4-5-9-17(15)18-16-8-6-11-19(2)12-10-16/h4-5,7,9,16,18H,6,8,10-13H2,1-3H3. The summed E-state index contributed by atoms with van der Waals surface area (Å²) in [5.74, 6) is 0.0981. The van der Waals surface area contributed by atoms with Crippen LogP contribution >= 0.6 is 0 Å². The predicted octanol–water partition coefficient (Wildman–Crippen LogP) is 2.56. The number of benzene rings is 1. The van der Waals surface area contributed by atoms with E-state index in [-0.39, 0.29) is 5.91 Å². The molecule has 1 fully saturated rings. The predicted molar refractivity (Wildman–Crippen MR) is 87.3 cm³/mol. The van der Waals surface area contributed by atoms with E-state index in [0.717, 1.165) is 6.54 Å². The van der Waals surface area contributed by atoms with Gasteiger partial charge in [-0.1, -0.05) is 18.2 Å². The molecule has 1 aromatic carbocycles. The Balaban J connectivity index is 2.03. The van der Waals surface area contributed by atoms with Crippen molar-refractivity contribution in [3.05, 3.63) is 29.8 Å². The molecule has 1 atom stereocenters. The zero-order valence-electron chi connectivity index (χ0n) is 13.4. The van der Waals surface area contributed by atoms with Crippen molar-refractivity contribution in [3.63, 3.8) is 0 Å². The molecule has 0 aliphatic carbocycles. The summed E-state index contributed by atoms with van der Waals surface area (Å²) in [6, 6.07) is 8.85. The minimum absolute atomic E-state index is 0.0981. The lowest BCUT2D eigenvalue weighted by Gasteiger charge is -2.22. The lowest BCUT2D eigenvalue weighted by molar-refractivity contribution is -0.128. The summed E-state index contributed by atoms with van der Waals surface area (Å²) in [6.07, 6.45) is 3.62.